The molecule has 0 spiro atoms. The normalized spacial score (nSPS) is 14.4. The predicted octanol–water partition coefficient (Wildman–Crippen LogP) is 2.73. The summed E-state index contributed by atoms with van der Waals surface area (Å²) in [5.74, 6) is 0.530. The maximum atomic E-state index is 12.4. The number of rotatable bonds is 4. The van der Waals surface area contributed by atoms with Crippen molar-refractivity contribution in [2.45, 2.75) is 12.8 Å². The van der Waals surface area contributed by atoms with Gasteiger partial charge in [-0.1, -0.05) is 23.4 Å². The first-order chi connectivity index (χ1) is 8.84. The highest BCUT2D eigenvalue weighted by Gasteiger charge is 2.29. The van der Waals surface area contributed by atoms with Crippen LogP contribution in [0.4, 0.5) is 5.69 Å². The zero-order chi connectivity index (χ0) is 12.4. The van der Waals surface area contributed by atoms with E-state index in [-0.39, 0.29) is 5.91 Å². The third-order valence-corrected chi connectivity index (χ3v) is 3.11. The second-order valence-corrected chi connectivity index (χ2v) is 4.58. The van der Waals surface area contributed by atoms with Gasteiger partial charge in [-0.05, 0) is 30.9 Å². The predicted molar refractivity (Wildman–Crippen MR) is 67.3 cm³/mol. The zero-order valence-electron chi connectivity index (χ0n) is 9.95. The van der Waals surface area contributed by atoms with E-state index in [1.165, 1.54) is 19.1 Å². The number of carbonyl (C=O) groups excluding carboxylic acids is 1. The summed E-state index contributed by atoms with van der Waals surface area (Å²) in [6, 6.07) is 11.3. The van der Waals surface area contributed by atoms with Crippen molar-refractivity contribution in [2.75, 3.05) is 11.4 Å². The molecule has 1 aliphatic rings. The maximum absolute atomic E-state index is 12.4. The minimum absolute atomic E-state index is 0.0955. The Hall–Kier alpha value is -2.10. The molecule has 0 saturated heterocycles. The summed E-state index contributed by atoms with van der Waals surface area (Å²) in [5.41, 5.74) is 1.27. The Morgan fingerprint density at radius 3 is 2.67 bits per heavy atom. The molecule has 4 nitrogen and oxygen atoms in total. The smallest absolute Gasteiger partial charge is 0.280 e. The zero-order valence-corrected chi connectivity index (χ0v) is 9.95. The van der Waals surface area contributed by atoms with Crippen LogP contribution in [0.15, 0.2) is 47.2 Å². The van der Waals surface area contributed by atoms with Crippen LogP contribution >= 0.6 is 0 Å². The maximum Gasteiger partial charge on any atom is 0.280 e. The highest BCUT2D eigenvalue weighted by Crippen LogP contribution is 2.32. The molecule has 1 saturated carbocycles. The molecule has 0 N–H and O–H groups in total. The van der Waals surface area contributed by atoms with E-state index >= 15 is 0 Å². The van der Waals surface area contributed by atoms with Crippen molar-refractivity contribution in [3.8, 4) is 0 Å². The van der Waals surface area contributed by atoms with Gasteiger partial charge in [0.2, 0.25) is 0 Å². The lowest BCUT2D eigenvalue weighted by atomic mass is 10.2. The van der Waals surface area contributed by atoms with Crippen molar-refractivity contribution in [2.24, 2.45) is 5.92 Å². The molecule has 1 aromatic heterocycles. The summed E-state index contributed by atoms with van der Waals surface area (Å²) in [6.07, 6.45) is 3.83. The number of para-hydroxylation sites is 1. The van der Waals surface area contributed by atoms with Gasteiger partial charge in [0.25, 0.3) is 5.91 Å². The fraction of sp³-hybridized carbons (Fsp3) is 0.286. The van der Waals surface area contributed by atoms with Gasteiger partial charge in [0.05, 0.1) is 0 Å². The van der Waals surface area contributed by atoms with Crippen LogP contribution < -0.4 is 4.90 Å². The first-order valence-corrected chi connectivity index (χ1v) is 6.12. The van der Waals surface area contributed by atoms with Crippen LogP contribution in [-0.4, -0.2) is 17.6 Å². The van der Waals surface area contributed by atoms with Crippen molar-refractivity contribution in [3.63, 3.8) is 0 Å². The summed E-state index contributed by atoms with van der Waals surface area (Å²) in [6.45, 7) is 0.760. The molecule has 1 fully saturated rings. The molecule has 4 heteroatoms. The number of aromatic nitrogens is 1. The molecule has 3 rings (SSSR count). The second kappa shape index (κ2) is 4.64. The Balaban J connectivity index is 1.87. The lowest BCUT2D eigenvalue weighted by Crippen LogP contribution is -2.33. The van der Waals surface area contributed by atoms with Crippen LogP contribution in [-0.2, 0) is 0 Å². The van der Waals surface area contributed by atoms with Gasteiger partial charge in [-0.2, -0.15) is 0 Å². The molecule has 0 bridgehead atoms. The van der Waals surface area contributed by atoms with Crippen LogP contribution in [0.2, 0.25) is 0 Å². The molecule has 1 heterocycles. The van der Waals surface area contributed by atoms with Crippen molar-refractivity contribution < 1.29 is 9.32 Å². The van der Waals surface area contributed by atoms with E-state index in [1.54, 1.807) is 11.0 Å². The van der Waals surface area contributed by atoms with Gasteiger partial charge in [0.15, 0.2) is 5.69 Å². The van der Waals surface area contributed by atoms with E-state index < -0.39 is 0 Å². The van der Waals surface area contributed by atoms with Gasteiger partial charge in [-0.25, -0.2) is 0 Å². The van der Waals surface area contributed by atoms with Gasteiger partial charge in [0, 0.05) is 18.3 Å². The van der Waals surface area contributed by atoms with Crippen molar-refractivity contribution in [3.05, 3.63) is 48.4 Å². The molecular weight excluding hydrogens is 228 g/mol. The standard InChI is InChI=1S/C14H14N2O2/c17-14(13-8-9-18-15-13)16(10-11-6-7-11)12-4-2-1-3-5-12/h1-5,8-9,11H,6-7,10H2. The average molecular weight is 242 g/mol. The third kappa shape index (κ3) is 2.27. The van der Waals surface area contributed by atoms with Crippen LogP contribution in [0.1, 0.15) is 23.3 Å². The van der Waals surface area contributed by atoms with Crippen LogP contribution in [0.5, 0.6) is 0 Å². The lowest BCUT2D eigenvalue weighted by Gasteiger charge is -2.21. The number of carbonyl (C=O) groups is 1. The monoisotopic (exact) mass is 242 g/mol. The number of anilines is 1. The summed E-state index contributed by atoms with van der Waals surface area (Å²) in [4.78, 5) is 14.2. The van der Waals surface area contributed by atoms with Crippen LogP contribution in [0.25, 0.3) is 0 Å². The second-order valence-electron chi connectivity index (χ2n) is 4.58. The van der Waals surface area contributed by atoms with Gasteiger partial charge >= 0.3 is 0 Å². The van der Waals surface area contributed by atoms with E-state index in [0.717, 1.165) is 12.2 Å². The SMILES string of the molecule is O=C(c1ccon1)N(CC1CC1)c1ccccc1. The first-order valence-electron chi connectivity index (χ1n) is 6.12. The number of hydrogen-bond donors (Lipinski definition) is 0. The third-order valence-electron chi connectivity index (χ3n) is 3.11. The molecule has 1 aromatic carbocycles. The molecule has 18 heavy (non-hydrogen) atoms. The quantitative estimate of drug-likeness (QED) is 0.828. The molecule has 0 radical (unpaired) electrons. The number of hydrogen-bond acceptors (Lipinski definition) is 3. The van der Waals surface area contributed by atoms with E-state index in [1.807, 2.05) is 30.3 Å². The minimum atomic E-state index is -0.0955. The number of amides is 1. The molecule has 0 unspecified atom stereocenters. The summed E-state index contributed by atoms with van der Waals surface area (Å²) < 4.78 is 4.74. The molecule has 0 aliphatic heterocycles. The van der Waals surface area contributed by atoms with Crippen molar-refractivity contribution in [1.82, 2.24) is 5.16 Å². The molecule has 1 amide bonds. The summed E-state index contributed by atoms with van der Waals surface area (Å²) >= 11 is 0. The Bertz CT molecular complexity index is 518. The van der Waals surface area contributed by atoms with Gasteiger partial charge < -0.3 is 9.42 Å². The number of nitrogens with zero attached hydrogens (tertiary/aromatic N) is 2. The fourth-order valence-electron chi connectivity index (χ4n) is 1.93. The van der Waals surface area contributed by atoms with Gasteiger partial charge in [-0.3, -0.25) is 4.79 Å². The Morgan fingerprint density at radius 2 is 2.06 bits per heavy atom. The van der Waals surface area contributed by atoms with Crippen LogP contribution in [0, 0.1) is 5.92 Å². The fourth-order valence-corrected chi connectivity index (χ4v) is 1.93. The highest BCUT2D eigenvalue weighted by molar-refractivity contribution is 6.04. The topological polar surface area (TPSA) is 46.3 Å². The van der Waals surface area contributed by atoms with E-state index in [4.69, 9.17) is 4.52 Å². The number of benzene rings is 1. The minimum Gasteiger partial charge on any atom is -0.364 e. The Morgan fingerprint density at radius 1 is 1.28 bits per heavy atom. The average Bonchev–Trinajstić information content (AvgIpc) is 3.07. The van der Waals surface area contributed by atoms with Crippen molar-refractivity contribution >= 4 is 11.6 Å². The van der Waals surface area contributed by atoms with Gasteiger partial charge in [0.1, 0.15) is 6.26 Å². The lowest BCUT2D eigenvalue weighted by molar-refractivity contribution is 0.0977. The summed E-state index contributed by atoms with van der Waals surface area (Å²) in [7, 11) is 0. The molecular formula is C14H14N2O2. The molecule has 2 aromatic rings. The molecule has 92 valence electrons. The Labute approximate surface area is 105 Å². The van der Waals surface area contributed by atoms with E-state index in [9.17, 15) is 4.79 Å². The summed E-state index contributed by atoms with van der Waals surface area (Å²) in [5, 5.41) is 3.72. The molecule has 0 atom stereocenters. The molecule has 1 aliphatic carbocycles. The first kappa shape index (κ1) is 11.0. The highest BCUT2D eigenvalue weighted by atomic mass is 16.5. The van der Waals surface area contributed by atoms with Gasteiger partial charge in [-0.15, -0.1) is 0 Å². The largest absolute Gasteiger partial charge is 0.364 e. The van der Waals surface area contributed by atoms with Crippen molar-refractivity contribution in [1.29, 1.82) is 0 Å². The Kier molecular flexibility index (Phi) is 2.84. The van der Waals surface area contributed by atoms with Crippen LogP contribution in [0.3, 0.4) is 0 Å². The van der Waals surface area contributed by atoms with E-state index in [0.29, 0.717) is 11.6 Å². The van der Waals surface area contributed by atoms with E-state index in [2.05, 4.69) is 5.16 Å².